The highest BCUT2D eigenvalue weighted by Crippen LogP contribution is 2.45. The van der Waals surface area contributed by atoms with E-state index in [1.54, 1.807) is 0 Å². The van der Waals surface area contributed by atoms with Gasteiger partial charge in [0.15, 0.2) is 5.58 Å². The standard InChI is InChI=1S/C58H38N2O/c1-3-13-39(14-4-1)41-29-34-46(35-30-41)59(54-24-12-21-51-57-49-18-8-7-15-43(49)33-38-55(57)61-58(51)54)47-36-31-42(32-37-47)40-25-27-44(28-26-40)48-20-11-23-53-56(48)50-19-9-10-22-52(50)60(53)45-16-5-2-6-17-45/h1-38H. The smallest absolute Gasteiger partial charge is 0.159 e. The van der Waals surface area contributed by atoms with Crippen molar-refractivity contribution in [3.05, 3.63) is 231 Å². The molecule has 0 spiro atoms. The molecule has 0 radical (unpaired) electrons. The first-order valence-electron chi connectivity index (χ1n) is 20.8. The summed E-state index contributed by atoms with van der Waals surface area (Å²) in [5.74, 6) is 0. The predicted octanol–water partition coefficient (Wildman–Crippen LogP) is 16.3. The molecule has 0 N–H and O–H groups in total. The molecule has 12 rings (SSSR count). The molecule has 0 aliphatic heterocycles. The molecule has 10 aromatic carbocycles. The van der Waals surface area contributed by atoms with Crippen molar-refractivity contribution in [3.8, 4) is 39.1 Å². The summed E-state index contributed by atoms with van der Waals surface area (Å²) in [4.78, 5) is 2.32. The van der Waals surface area contributed by atoms with Crippen LogP contribution in [0.3, 0.4) is 0 Å². The van der Waals surface area contributed by atoms with Crippen LogP contribution in [0.5, 0.6) is 0 Å². The van der Waals surface area contributed by atoms with Gasteiger partial charge in [-0.05, 0) is 105 Å². The summed E-state index contributed by atoms with van der Waals surface area (Å²) in [6.07, 6.45) is 0. The number of nitrogens with zero attached hydrogens (tertiary/aromatic N) is 2. The Balaban J connectivity index is 0.940. The van der Waals surface area contributed by atoms with Crippen molar-refractivity contribution in [1.82, 2.24) is 4.57 Å². The summed E-state index contributed by atoms with van der Waals surface area (Å²) in [6.45, 7) is 0. The number of anilines is 3. The number of hydrogen-bond donors (Lipinski definition) is 0. The Morgan fingerprint density at radius 3 is 1.61 bits per heavy atom. The zero-order valence-corrected chi connectivity index (χ0v) is 33.2. The van der Waals surface area contributed by atoms with Gasteiger partial charge in [-0.25, -0.2) is 0 Å². The Labute approximate surface area is 353 Å². The Morgan fingerprint density at radius 1 is 0.344 bits per heavy atom. The molecule has 0 atom stereocenters. The number of hydrogen-bond acceptors (Lipinski definition) is 2. The Morgan fingerprint density at radius 2 is 0.885 bits per heavy atom. The van der Waals surface area contributed by atoms with E-state index in [0.717, 1.165) is 50.3 Å². The van der Waals surface area contributed by atoms with E-state index in [9.17, 15) is 0 Å². The monoisotopic (exact) mass is 778 g/mol. The topological polar surface area (TPSA) is 21.3 Å². The van der Waals surface area contributed by atoms with Gasteiger partial charge < -0.3 is 13.9 Å². The molecule has 61 heavy (non-hydrogen) atoms. The van der Waals surface area contributed by atoms with Gasteiger partial charge in [-0.1, -0.05) is 170 Å². The van der Waals surface area contributed by atoms with Crippen LogP contribution >= 0.6 is 0 Å². The van der Waals surface area contributed by atoms with Crippen LogP contribution in [0, 0.1) is 0 Å². The molecule has 0 aliphatic carbocycles. The third-order valence-electron chi connectivity index (χ3n) is 12.2. The van der Waals surface area contributed by atoms with E-state index in [4.69, 9.17) is 4.42 Å². The molecule has 2 heterocycles. The lowest BCUT2D eigenvalue weighted by Gasteiger charge is -2.26. The average Bonchev–Trinajstić information content (AvgIpc) is 3.90. The zero-order valence-electron chi connectivity index (χ0n) is 33.2. The lowest BCUT2D eigenvalue weighted by atomic mass is 9.97. The SMILES string of the molecule is c1ccc(-c2ccc(N(c3ccc(-c4ccc(-c5cccc6c5c5ccccc5n6-c5ccccc5)cc4)cc3)c3cccc4c3oc3ccc5ccccc5c34)cc2)cc1. The summed E-state index contributed by atoms with van der Waals surface area (Å²) in [5, 5.41) is 7.16. The number of aromatic nitrogens is 1. The quantitative estimate of drug-likeness (QED) is 0.161. The molecule has 0 saturated heterocycles. The molecule has 0 saturated carbocycles. The van der Waals surface area contributed by atoms with Gasteiger partial charge in [0.1, 0.15) is 5.58 Å². The highest BCUT2D eigenvalue weighted by Gasteiger charge is 2.21. The molecule has 3 heteroatoms. The van der Waals surface area contributed by atoms with Crippen LogP contribution in [0.25, 0.3) is 93.6 Å². The largest absolute Gasteiger partial charge is 0.454 e. The number of furan rings is 1. The van der Waals surface area contributed by atoms with Crippen LogP contribution in [-0.4, -0.2) is 4.57 Å². The van der Waals surface area contributed by atoms with Crippen LogP contribution in [0.15, 0.2) is 235 Å². The normalized spacial score (nSPS) is 11.6. The Bertz CT molecular complexity index is 3550. The second-order valence-electron chi connectivity index (χ2n) is 15.7. The second-order valence-corrected chi connectivity index (χ2v) is 15.7. The average molecular weight is 779 g/mol. The van der Waals surface area contributed by atoms with E-state index in [0.29, 0.717) is 0 Å². The lowest BCUT2D eigenvalue weighted by molar-refractivity contribution is 0.669. The fourth-order valence-corrected chi connectivity index (χ4v) is 9.35. The number of rotatable bonds is 7. The van der Waals surface area contributed by atoms with Gasteiger partial charge in [0.25, 0.3) is 0 Å². The van der Waals surface area contributed by atoms with Crippen molar-refractivity contribution in [2.24, 2.45) is 0 Å². The fourth-order valence-electron chi connectivity index (χ4n) is 9.35. The number of fused-ring (bicyclic) bond motifs is 8. The minimum Gasteiger partial charge on any atom is -0.454 e. The van der Waals surface area contributed by atoms with Crippen LogP contribution in [-0.2, 0) is 0 Å². The molecule has 12 aromatic rings. The third kappa shape index (κ3) is 5.82. The summed E-state index contributed by atoms with van der Waals surface area (Å²) in [6, 6.07) is 82.7. The van der Waals surface area contributed by atoms with E-state index >= 15 is 0 Å². The van der Waals surface area contributed by atoms with Crippen molar-refractivity contribution in [2.45, 2.75) is 0 Å². The fraction of sp³-hybridized carbons (Fsp3) is 0. The Kier molecular flexibility index (Phi) is 8.17. The number of benzene rings is 10. The van der Waals surface area contributed by atoms with Crippen molar-refractivity contribution in [3.63, 3.8) is 0 Å². The molecular weight excluding hydrogens is 741 g/mol. The summed E-state index contributed by atoms with van der Waals surface area (Å²) in [7, 11) is 0. The van der Waals surface area contributed by atoms with Crippen LogP contribution in [0.4, 0.5) is 17.1 Å². The Hall–Kier alpha value is -8.14. The van der Waals surface area contributed by atoms with E-state index in [-0.39, 0.29) is 0 Å². The summed E-state index contributed by atoms with van der Waals surface area (Å²) >= 11 is 0. The maximum Gasteiger partial charge on any atom is 0.159 e. The first-order chi connectivity index (χ1) is 30.3. The highest BCUT2D eigenvalue weighted by atomic mass is 16.3. The minimum absolute atomic E-state index is 0.863. The van der Waals surface area contributed by atoms with E-state index < -0.39 is 0 Å². The van der Waals surface area contributed by atoms with E-state index in [1.165, 1.54) is 60.4 Å². The minimum atomic E-state index is 0.863. The van der Waals surface area contributed by atoms with Crippen molar-refractivity contribution in [1.29, 1.82) is 0 Å². The van der Waals surface area contributed by atoms with Gasteiger partial charge in [0.2, 0.25) is 0 Å². The van der Waals surface area contributed by atoms with Crippen molar-refractivity contribution < 1.29 is 4.42 Å². The van der Waals surface area contributed by atoms with Crippen LogP contribution in [0.1, 0.15) is 0 Å². The van der Waals surface area contributed by atoms with Crippen molar-refractivity contribution in [2.75, 3.05) is 4.90 Å². The zero-order chi connectivity index (χ0) is 40.3. The van der Waals surface area contributed by atoms with Crippen molar-refractivity contribution >= 4 is 71.6 Å². The molecule has 0 fully saturated rings. The van der Waals surface area contributed by atoms with Gasteiger partial charge in [0.05, 0.1) is 16.7 Å². The molecule has 0 bridgehead atoms. The number of para-hydroxylation sites is 3. The van der Waals surface area contributed by atoms with Gasteiger partial charge in [-0.3, -0.25) is 0 Å². The molecular formula is C58H38N2O. The van der Waals surface area contributed by atoms with Gasteiger partial charge in [-0.15, -0.1) is 0 Å². The summed E-state index contributed by atoms with van der Waals surface area (Å²) in [5.41, 5.74) is 15.5. The molecule has 0 amide bonds. The molecule has 3 nitrogen and oxygen atoms in total. The van der Waals surface area contributed by atoms with Gasteiger partial charge in [-0.2, -0.15) is 0 Å². The lowest BCUT2D eigenvalue weighted by Crippen LogP contribution is -2.10. The van der Waals surface area contributed by atoms with Gasteiger partial charge >= 0.3 is 0 Å². The van der Waals surface area contributed by atoms with E-state index in [1.807, 2.05) is 0 Å². The second kappa shape index (κ2) is 14.3. The molecule has 0 aliphatic rings. The maximum absolute atomic E-state index is 6.78. The van der Waals surface area contributed by atoms with E-state index in [2.05, 4.69) is 240 Å². The first kappa shape index (κ1) is 34.9. The van der Waals surface area contributed by atoms with Crippen LogP contribution in [0.2, 0.25) is 0 Å². The summed E-state index contributed by atoms with van der Waals surface area (Å²) < 4.78 is 9.16. The predicted molar refractivity (Wildman–Crippen MR) is 257 cm³/mol. The maximum atomic E-state index is 6.78. The van der Waals surface area contributed by atoms with Crippen LogP contribution < -0.4 is 4.90 Å². The van der Waals surface area contributed by atoms with Gasteiger partial charge in [0, 0.05) is 38.6 Å². The molecule has 286 valence electrons. The molecule has 0 unspecified atom stereocenters. The molecule has 2 aromatic heterocycles. The first-order valence-corrected chi connectivity index (χ1v) is 20.8. The highest BCUT2D eigenvalue weighted by molar-refractivity contribution is 6.21. The third-order valence-corrected chi connectivity index (χ3v) is 12.2.